The van der Waals surface area contributed by atoms with Gasteiger partial charge in [0.1, 0.15) is 23.4 Å². The first-order valence-electron chi connectivity index (χ1n) is 9.48. The van der Waals surface area contributed by atoms with E-state index < -0.39 is 6.04 Å². The van der Waals surface area contributed by atoms with Crippen LogP contribution in [0.1, 0.15) is 49.7 Å². The molecular formula is C20H26N6O2. The number of aromatic nitrogens is 2. The number of carbonyl (C=O) groups is 1. The predicted molar refractivity (Wildman–Crippen MR) is 109 cm³/mol. The number of rotatable bonds is 7. The van der Waals surface area contributed by atoms with Crippen molar-refractivity contribution in [3.63, 3.8) is 0 Å². The molecule has 1 aliphatic rings. The predicted octanol–water partition coefficient (Wildman–Crippen LogP) is 1.54. The quantitative estimate of drug-likeness (QED) is 0.427. The van der Waals surface area contributed by atoms with Crippen LogP contribution in [0, 0.1) is 5.41 Å². The number of hydrogen-bond acceptors (Lipinski definition) is 5. The van der Waals surface area contributed by atoms with Gasteiger partial charge in [-0.3, -0.25) is 19.6 Å². The molecule has 148 valence electrons. The van der Waals surface area contributed by atoms with Gasteiger partial charge in [-0.2, -0.15) is 0 Å². The summed E-state index contributed by atoms with van der Waals surface area (Å²) in [7, 11) is 0. The van der Waals surface area contributed by atoms with Crippen LogP contribution in [-0.2, 0) is 17.8 Å². The number of hydrogen-bond donors (Lipinski definition) is 4. The summed E-state index contributed by atoms with van der Waals surface area (Å²) in [6, 6.07) is 6.74. The van der Waals surface area contributed by atoms with Gasteiger partial charge >= 0.3 is 0 Å². The molecule has 0 saturated heterocycles. The maximum atomic E-state index is 12.9. The molecule has 8 nitrogen and oxygen atoms in total. The van der Waals surface area contributed by atoms with E-state index in [-0.39, 0.29) is 23.3 Å². The number of amidine groups is 1. The molecule has 1 aromatic carbocycles. The molecule has 0 saturated carbocycles. The number of nitrogen functional groups attached to an aromatic ring is 1. The molecule has 28 heavy (non-hydrogen) atoms. The zero-order chi connectivity index (χ0) is 20.3. The average Bonchev–Trinajstić information content (AvgIpc) is 3.13. The molecule has 2 heterocycles. The Balaban J connectivity index is 1.72. The van der Waals surface area contributed by atoms with Crippen LogP contribution in [0.15, 0.2) is 35.3 Å². The van der Waals surface area contributed by atoms with E-state index >= 15 is 0 Å². The lowest BCUT2D eigenvalue weighted by Crippen LogP contribution is -2.36. The van der Waals surface area contributed by atoms with E-state index in [1.165, 1.54) is 4.57 Å². The SMILES string of the molecule is CCC(C)Nc1cnc2n(c1=O)C(C(=O)NCc1ccc(C(=N)N)cc1)CC2. The minimum absolute atomic E-state index is 0.00632. The lowest BCUT2D eigenvalue weighted by molar-refractivity contribution is -0.124. The first kappa shape index (κ1) is 19.6. The molecule has 5 N–H and O–H groups in total. The summed E-state index contributed by atoms with van der Waals surface area (Å²) in [5, 5.41) is 13.5. The van der Waals surface area contributed by atoms with Gasteiger partial charge in [0.25, 0.3) is 5.56 Å². The molecule has 1 aromatic heterocycles. The third-order valence-electron chi connectivity index (χ3n) is 5.07. The van der Waals surface area contributed by atoms with Crippen LogP contribution in [-0.4, -0.2) is 27.3 Å². The fourth-order valence-electron chi connectivity index (χ4n) is 3.23. The maximum Gasteiger partial charge on any atom is 0.277 e. The molecule has 0 bridgehead atoms. The second-order valence-corrected chi connectivity index (χ2v) is 7.10. The number of nitrogens with zero attached hydrogens (tertiary/aromatic N) is 2. The normalized spacial score (nSPS) is 16.3. The molecule has 0 spiro atoms. The van der Waals surface area contributed by atoms with Crippen LogP contribution in [0.5, 0.6) is 0 Å². The van der Waals surface area contributed by atoms with Crippen LogP contribution in [0.3, 0.4) is 0 Å². The highest BCUT2D eigenvalue weighted by Crippen LogP contribution is 2.23. The zero-order valence-corrected chi connectivity index (χ0v) is 16.2. The first-order chi connectivity index (χ1) is 13.4. The Kier molecular flexibility index (Phi) is 5.77. The Morgan fingerprint density at radius 3 is 2.75 bits per heavy atom. The van der Waals surface area contributed by atoms with E-state index in [9.17, 15) is 9.59 Å². The number of amides is 1. The van der Waals surface area contributed by atoms with Gasteiger partial charge in [-0.25, -0.2) is 4.98 Å². The highest BCUT2D eigenvalue weighted by molar-refractivity contribution is 5.94. The Hall–Kier alpha value is -3.16. The fourth-order valence-corrected chi connectivity index (χ4v) is 3.23. The molecule has 3 rings (SSSR count). The third-order valence-corrected chi connectivity index (χ3v) is 5.07. The molecule has 2 aromatic rings. The molecule has 1 aliphatic heterocycles. The van der Waals surface area contributed by atoms with E-state index in [4.69, 9.17) is 11.1 Å². The monoisotopic (exact) mass is 382 g/mol. The molecule has 0 radical (unpaired) electrons. The standard InChI is InChI=1S/C20H26N6O2/c1-3-12(2)25-15-11-23-17-9-8-16(26(17)20(15)28)19(27)24-10-13-4-6-14(7-5-13)18(21)22/h4-7,11-12,16,25H,3,8-10H2,1-2H3,(H3,21,22)(H,24,27). The highest BCUT2D eigenvalue weighted by atomic mass is 16.2. The van der Waals surface area contributed by atoms with Gasteiger partial charge in [0, 0.05) is 24.6 Å². The molecule has 2 unspecified atom stereocenters. The number of nitrogens with two attached hydrogens (primary N) is 1. The number of anilines is 1. The van der Waals surface area contributed by atoms with E-state index in [0.29, 0.717) is 36.5 Å². The average molecular weight is 382 g/mol. The molecule has 1 amide bonds. The fraction of sp³-hybridized carbons (Fsp3) is 0.400. The van der Waals surface area contributed by atoms with Crippen LogP contribution >= 0.6 is 0 Å². The van der Waals surface area contributed by atoms with Crippen molar-refractivity contribution in [1.29, 1.82) is 5.41 Å². The zero-order valence-electron chi connectivity index (χ0n) is 16.2. The molecule has 0 fully saturated rings. The van der Waals surface area contributed by atoms with Crippen molar-refractivity contribution >= 4 is 17.4 Å². The summed E-state index contributed by atoms with van der Waals surface area (Å²) < 4.78 is 1.51. The Morgan fingerprint density at radius 2 is 2.11 bits per heavy atom. The van der Waals surface area contributed by atoms with Crippen LogP contribution < -0.4 is 21.9 Å². The van der Waals surface area contributed by atoms with E-state index in [2.05, 4.69) is 15.6 Å². The summed E-state index contributed by atoms with van der Waals surface area (Å²) in [6.45, 7) is 4.38. The van der Waals surface area contributed by atoms with Gasteiger partial charge in [-0.1, -0.05) is 31.2 Å². The maximum absolute atomic E-state index is 12.9. The number of benzene rings is 1. The van der Waals surface area contributed by atoms with Gasteiger partial charge in [0.05, 0.1) is 6.20 Å². The lowest BCUT2D eigenvalue weighted by Gasteiger charge is -2.17. The van der Waals surface area contributed by atoms with Crippen molar-refractivity contribution in [3.05, 3.63) is 57.8 Å². The number of aryl methyl sites for hydroxylation is 1. The van der Waals surface area contributed by atoms with Crippen molar-refractivity contribution < 1.29 is 4.79 Å². The summed E-state index contributed by atoms with van der Waals surface area (Å²) in [6.07, 6.45) is 3.61. The highest BCUT2D eigenvalue weighted by Gasteiger charge is 2.31. The van der Waals surface area contributed by atoms with E-state index in [1.807, 2.05) is 26.0 Å². The topological polar surface area (TPSA) is 126 Å². The van der Waals surface area contributed by atoms with Crippen molar-refractivity contribution in [1.82, 2.24) is 14.9 Å². The minimum Gasteiger partial charge on any atom is -0.384 e. The number of nitrogens with one attached hydrogen (secondary N) is 3. The summed E-state index contributed by atoms with van der Waals surface area (Å²) in [5.41, 5.74) is 7.21. The van der Waals surface area contributed by atoms with E-state index in [1.54, 1.807) is 18.3 Å². The smallest absolute Gasteiger partial charge is 0.277 e. The van der Waals surface area contributed by atoms with Gasteiger partial charge in [-0.15, -0.1) is 0 Å². The second kappa shape index (κ2) is 8.24. The number of fused-ring (bicyclic) bond motifs is 1. The Bertz CT molecular complexity index is 935. The van der Waals surface area contributed by atoms with Gasteiger partial charge in [0.15, 0.2) is 0 Å². The first-order valence-corrected chi connectivity index (χ1v) is 9.48. The van der Waals surface area contributed by atoms with Crippen molar-refractivity contribution in [2.24, 2.45) is 5.73 Å². The largest absolute Gasteiger partial charge is 0.384 e. The van der Waals surface area contributed by atoms with Gasteiger partial charge < -0.3 is 16.4 Å². The van der Waals surface area contributed by atoms with Crippen LogP contribution in [0.2, 0.25) is 0 Å². The van der Waals surface area contributed by atoms with Crippen LogP contribution in [0.4, 0.5) is 5.69 Å². The molecule has 0 aliphatic carbocycles. The van der Waals surface area contributed by atoms with Crippen molar-refractivity contribution in [3.8, 4) is 0 Å². The lowest BCUT2D eigenvalue weighted by atomic mass is 10.1. The molecule has 8 heteroatoms. The summed E-state index contributed by atoms with van der Waals surface area (Å²) >= 11 is 0. The van der Waals surface area contributed by atoms with Crippen molar-refractivity contribution in [2.45, 2.75) is 51.7 Å². The van der Waals surface area contributed by atoms with Crippen LogP contribution in [0.25, 0.3) is 0 Å². The molecular weight excluding hydrogens is 356 g/mol. The summed E-state index contributed by atoms with van der Waals surface area (Å²) in [4.78, 5) is 29.9. The minimum atomic E-state index is -0.551. The van der Waals surface area contributed by atoms with Gasteiger partial charge in [0.2, 0.25) is 5.91 Å². The summed E-state index contributed by atoms with van der Waals surface area (Å²) in [5.74, 6) is 0.455. The van der Waals surface area contributed by atoms with Crippen molar-refractivity contribution in [2.75, 3.05) is 5.32 Å². The molecule has 2 atom stereocenters. The van der Waals surface area contributed by atoms with Gasteiger partial charge in [-0.05, 0) is 25.3 Å². The third kappa shape index (κ3) is 4.05. The second-order valence-electron chi connectivity index (χ2n) is 7.10. The number of carbonyl (C=O) groups excluding carboxylic acids is 1. The Labute approximate surface area is 163 Å². The van der Waals surface area contributed by atoms with E-state index in [0.717, 1.165) is 12.0 Å². The Morgan fingerprint density at radius 1 is 1.39 bits per heavy atom.